The number of ether oxygens (including phenoxy) is 1. The quantitative estimate of drug-likeness (QED) is 0.558. The molecule has 6 rings (SSSR count). The largest absolute Gasteiger partial charge is 0.371 e. The second-order valence-corrected chi connectivity index (χ2v) is 10.3. The summed E-state index contributed by atoms with van der Waals surface area (Å²) in [6.45, 7) is 4.90. The number of amides is 1. The topological polar surface area (TPSA) is 73.8 Å². The van der Waals surface area contributed by atoms with Crippen molar-refractivity contribution >= 4 is 11.6 Å². The number of hydrogen-bond acceptors (Lipinski definition) is 7. The standard InChI is InChI=1S/C29H34N6O2/c1-33-28(36)16-27(26-10-13-30-20-31-26)32-29(33)37-25-11-14-35(15-12-25)24-8-6-21(7-9-24)17-34-18-22-4-2-3-5-23(22)19-34/h2-10,13,20,25,27,29,32H,11-12,14-19H2,1H3. The first kappa shape index (κ1) is 24.0. The van der Waals surface area contributed by atoms with E-state index in [0.717, 1.165) is 51.3 Å². The van der Waals surface area contributed by atoms with Crippen molar-refractivity contribution in [3.63, 3.8) is 0 Å². The minimum Gasteiger partial charge on any atom is -0.371 e. The van der Waals surface area contributed by atoms with Gasteiger partial charge in [-0.05, 0) is 47.7 Å². The molecule has 2 fully saturated rings. The summed E-state index contributed by atoms with van der Waals surface area (Å²) in [5.74, 6) is 0.0581. The van der Waals surface area contributed by atoms with Crippen molar-refractivity contribution in [2.45, 2.75) is 57.4 Å². The van der Waals surface area contributed by atoms with Crippen LogP contribution in [0.4, 0.5) is 5.69 Å². The fourth-order valence-electron chi connectivity index (χ4n) is 5.64. The molecule has 1 aromatic heterocycles. The van der Waals surface area contributed by atoms with Crippen LogP contribution in [0.1, 0.15) is 47.7 Å². The molecule has 1 amide bonds. The van der Waals surface area contributed by atoms with Gasteiger partial charge in [0.05, 0.1) is 17.8 Å². The smallest absolute Gasteiger partial charge is 0.227 e. The van der Waals surface area contributed by atoms with E-state index in [1.807, 2.05) is 6.07 Å². The van der Waals surface area contributed by atoms with Crippen LogP contribution in [0.15, 0.2) is 67.1 Å². The van der Waals surface area contributed by atoms with Crippen molar-refractivity contribution in [1.29, 1.82) is 0 Å². The molecule has 0 bridgehead atoms. The van der Waals surface area contributed by atoms with Crippen LogP contribution in [-0.4, -0.2) is 58.3 Å². The molecule has 4 heterocycles. The van der Waals surface area contributed by atoms with Crippen LogP contribution in [0.5, 0.6) is 0 Å². The van der Waals surface area contributed by atoms with Crippen molar-refractivity contribution < 1.29 is 9.53 Å². The Kier molecular flexibility index (Phi) is 6.87. The van der Waals surface area contributed by atoms with E-state index >= 15 is 0 Å². The Labute approximate surface area is 218 Å². The zero-order valence-electron chi connectivity index (χ0n) is 21.3. The Morgan fingerprint density at radius 2 is 1.73 bits per heavy atom. The molecule has 3 aromatic rings. The first-order valence-corrected chi connectivity index (χ1v) is 13.2. The van der Waals surface area contributed by atoms with Crippen LogP contribution in [0, 0.1) is 0 Å². The minimum absolute atomic E-state index is 0.0581. The number of fused-ring (bicyclic) bond motifs is 1. The number of piperidine rings is 1. The van der Waals surface area contributed by atoms with Crippen molar-refractivity contribution in [3.8, 4) is 0 Å². The number of nitrogens with one attached hydrogen (secondary N) is 1. The van der Waals surface area contributed by atoms with Crippen molar-refractivity contribution in [1.82, 2.24) is 25.1 Å². The Bertz CT molecular complexity index is 1190. The zero-order valence-corrected chi connectivity index (χ0v) is 21.3. The predicted molar refractivity (Wildman–Crippen MR) is 141 cm³/mol. The average molecular weight is 499 g/mol. The highest BCUT2D eigenvalue weighted by atomic mass is 16.5. The van der Waals surface area contributed by atoms with Crippen LogP contribution in [0.3, 0.4) is 0 Å². The molecule has 0 radical (unpaired) electrons. The summed E-state index contributed by atoms with van der Waals surface area (Å²) in [6, 6.07) is 19.5. The molecule has 3 aliphatic heterocycles. The monoisotopic (exact) mass is 498 g/mol. The molecule has 2 atom stereocenters. The lowest BCUT2D eigenvalue weighted by Crippen LogP contribution is -2.56. The molecule has 0 saturated carbocycles. The number of nitrogens with zero attached hydrogens (tertiary/aromatic N) is 5. The number of anilines is 1. The highest BCUT2D eigenvalue weighted by Crippen LogP contribution is 2.28. The second kappa shape index (κ2) is 10.6. The van der Waals surface area contributed by atoms with Crippen molar-refractivity contribution in [2.24, 2.45) is 0 Å². The van der Waals surface area contributed by atoms with Gasteiger partial charge in [-0.3, -0.25) is 15.0 Å². The van der Waals surface area contributed by atoms with Gasteiger partial charge in [0.1, 0.15) is 6.33 Å². The van der Waals surface area contributed by atoms with Gasteiger partial charge >= 0.3 is 0 Å². The molecular weight excluding hydrogens is 464 g/mol. The molecular formula is C29H34N6O2. The van der Waals surface area contributed by atoms with Crippen LogP contribution < -0.4 is 10.2 Å². The molecule has 37 heavy (non-hydrogen) atoms. The number of aromatic nitrogens is 2. The summed E-state index contributed by atoms with van der Waals surface area (Å²) >= 11 is 0. The molecule has 3 aliphatic rings. The molecule has 8 nitrogen and oxygen atoms in total. The number of hydrogen-bond donors (Lipinski definition) is 1. The lowest BCUT2D eigenvalue weighted by atomic mass is 10.1. The van der Waals surface area contributed by atoms with Gasteiger partial charge in [-0.1, -0.05) is 36.4 Å². The van der Waals surface area contributed by atoms with Crippen LogP contribution >= 0.6 is 0 Å². The molecule has 192 valence electrons. The molecule has 0 spiro atoms. The van der Waals surface area contributed by atoms with Gasteiger partial charge in [0.15, 0.2) is 6.35 Å². The first-order valence-electron chi connectivity index (χ1n) is 13.2. The maximum absolute atomic E-state index is 12.6. The summed E-state index contributed by atoms with van der Waals surface area (Å²) in [5.41, 5.74) is 6.33. The molecule has 2 aromatic carbocycles. The van der Waals surface area contributed by atoms with Gasteiger partial charge in [0.25, 0.3) is 0 Å². The van der Waals surface area contributed by atoms with E-state index in [1.165, 1.54) is 28.7 Å². The third-order valence-corrected chi connectivity index (χ3v) is 7.81. The Balaban J connectivity index is 1.00. The molecule has 2 unspecified atom stereocenters. The van der Waals surface area contributed by atoms with Gasteiger partial charge in [0.2, 0.25) is 5.91 Å². The van der Waals surface area contributed by atoms with Crippen LogP contribution in [-0.2, 0) is 29.2 Å². The normalized spacial score (nSPS) is 22.9. The fourth-order valence-corrected chi connectivity index (χ4v) is 5.64. The lowest BCUT2D eigenvalue weighted by Gasteiger charge is -2.41. The van der Waals surface area contributed by atoms with E-state index in [9.17, 15) is 4.79 Å². The lowest BCUT2D eigenvalue weighted by molar-refractivity contribution is -0.167. The van der Waals surface area contributed by atoms with Gasteiger partial charge in [-0.25, -0.2) is 9.97 Å². The van der Waals surface area contributed by atoms with Gasteiger partial charge in [0, 0.05) is 58.1 Å². The number of benzene rings is 2. The number of rotatable bonds is 6. The Morgan fingerprint density at radius 3 is 2.41 bits per heavy atom. The second-order valence-electron chi connectivity index (χ2n) is 10.3. The van der Waals surface area contributed by atoms with E-state index in [2.05, 4.69) is 73.6 Å². The molecule has 1 N–H and O–H groups in total. The summed E-state index contributed by atoms with van der Waals surface area (Å²) in [4.78, 5) is 27.5. The Hall–Kier alpha value is -3.33. The van der Waals surface area contributed by atoms with Gasteiger partial charge in [-0.15, -0.1) is 0 Å². The maximum Gasteiger partial charge on any atom is 0.227 e. The van der Waals surface area contributed by atoms with Gasteiger partial charge < -0.3 is 14.5 Å². The fraction of sp³-hybridized carbons (Fsp3) is 0.414. The third-order valence-electron chi connectivity index (χ3n) is 7.81. The van der Waals surface area contributed by atoms with Crippen LogP contribution in [0.2, 0.25) is 0 Å². The van der Waals surface area contributed by atoms with Crippen LogP contribution in [0.25, 0.3) is 0 Å². The molecule has 8 heteroatoms. The van der Waals surface area contributed by atoms with Crippen molar-refractivity contribution in [3.05, 3.63) is 89.5 Å². The summed E-state index contributed by atoms with van der Waals surface area (Å²) < 4.78 is 6.39. The SMILES string of the molecule is CN1C(=O)CC(c2ccncn2)NC1OC1CCN(c2ccc(CN3Cc4ccccc4C3)cc2)CC1. The predicted octanol–water partition coefficient (Wildman–Crippen LogP) is 3.45. The highest BCUT2D eigenvalue weighted by Gasteiger charge is 2.35. The zero-order chi connectivity index (χ0) is 25.2. The summed E-state index contributed by atoms with van der Waals surface area (Å²) in [7, 11) is 1.80. The first-order chi connectivity index (χ1) is 18.1. The number of carbonyl (C=O) groups is 1. The van der Waals surface area contributed by atoms with E-state index in [-0.39, 0.29) is 18.1 Å². The Morgan fingerprint density at radius 1 is 1.00 bits per heavy atom. The average Bonchev–Trinajstić information content (AvgIpc) is 3.35. The summed E-state index contributed by atoms with van der Waals surface area (Å²) in [6.07, 6.45) is 5.09. The van der Waals surface area contributed by atoms with Crippen molar-refractivity contribution in [2.75, 3.05) is 25.0 Å². The number of carbonyl (C=O) groups excluding carboxylic acids is 1. The molecule has 0 aliphatic carbocycles. The van der Waals surface area contributed by atoms with Gasteiger partial charge in [-0.2, -0.15) is 0 Å². The third kappa shape index (κ3) is 5.37. The van der Waals surface area contributed by atoms with E-state index in [4.69, 9.17) is 4.74 Å². The van der Waals surface area contributed by atoms with E-state index in [0.29, 0.717) is 6.42 Å². The minimum atomic E-state index is -0.450. The molecule has 2 saturated heterocycles. The van der Waals surface area contributed by atoms with E-state index in [1.54, 1.807) is 18.1 Å². The van der Waals surface area contributed by atoms with E-state index < -0.39 is 6.35 Å². The maximum atomic E-state index is 12.6. The summed E-state index contributed by atoms with van der Waals surface area (Å²) in [5, 5.41) is 3.46. The highest BCUT2D eigenvalue weighted by molar-refractivity contribution is 5.77.